The monoisotopic (exact) mass is 491 g/mol. The molecule has 3 rings (SSSR count). The number of amides is 1. The van der Waals surface area contributed by atoms with E-state index in [1.54, 1.807) is 46.1 Å². The van der Waals surface area contributed by atoms with E-state index in [-0.39, 0.29) is 30.3 Å². The second-order valence-corrected chi connectivity index (χ2v) is 9.67. The molecule has 3 aromatic rings. The van der Waals surface area contributed by atoms with Crippen LogP contribution in [-0.2, 0) is 16.0 Å². The third-order valence-electron chi connectivity index (χ3n) is 5.57. The number of carbonyl (C=O) groups is 2. The van der Waals surface area contributed by atoms with Crippen molar-refractivity contribution in [3.05, 3.63) is 81.7 Å². The van der Waals surface area contributed by atoms with Gasteiger partial charge in [0.1, 0.15) is 16.9 Å². The number of methoxy groups -OCH3 is 1. The number of ether oxygens (including phenoxy) is 2. The molecule has 0 aliphatic carbocycles. The van der Waals surface area contributed by atoms with Gasteiger partial charge in [0.05, 0.1) is 7.11 Å². The maximum atomic E-state index is 12.3. The van der Waals surface area contributed by atoms with Crippen molar-refractivity contribution < 1.29 is 23.5 Å². The van der Waals surface area contributed by atoms with Crippen molar-refractivity contribution >= 4 is 28.9 Å². The Morgan fingerprint density at radius 2 is 1.86 bits per heavy atom. The highest BCUT2D eigenvalue weighted by atomic mass is 16.6. The first-order valence-electron chi connectivity index (χ1n) is 11.9. The molecular formula is C29H33NO6. The second kappa shape index (κ2) is 11.7. The number of hydrogen-bond acceptors (Lipinski definition) is 6. The van der Waals surface area contributed by atoms with Gasteiger partial charge in [-0.05, 0) is 74.6 Å². The minimum Gasteiger partial charge on any atom is -0.496 e. The average molecular weight is 492 g/mol. The summed E-state index contributed by atoms with van der Waals surface area (Å²) in [5.41, 5.74) is 2.36. The molecule has 0 radical (unpaired) electrons. The molecule has 2 aromatic carbocycles. The molecular weight excluding hydrogens is 458 g/mol. The molecule has 0 saturated heterocycles. The van der Waals surface area contributed by atoms with Crippen LogP contribution < -0.4 is 15.7 Å². The van der Waals surface area contributed by atoms with E-state index in [0.29, 0.717) is 17.8 Å². The summed E-state index contributed by atoms with van der Waals surface area (Å²) in [5.74, 6) is 0.615. The van der Waals surface area contributed by atoms with E-state index in [4.69, 9.17) is 13.9 Å². The van der Waals surface area contributed by atoms with Gasteiger partial charge in [-0.3, -0.25) is 4.79 Å². The van der Waals surface area contributed by atoms with Crippen LogP contribution in [0.3, 0.4) is 0 Å². The zero-order valence-corrected chi connectivity index (χ0v) is 21.4. The van der Waals surface area contributed by atoms with Crippen LogP contribution in [0.5, 0.6) is 5.75 Å². The maximum Gasteiger partial charge on any atom is 0.407 e. The minimum absolute atomic E-state index is 0.0991. The van der Waals surface area contributed by atoms with Gasteiger partial charge in [0.25, 0.3) is 0 Å². The van der Waals surface area contributed by atoms with Gasteiger partial charge < -0.3 is 19.2 Å². The van der Waals surface area contributed by atoms with Crippen LogP contribution in [0.15, 0.2) is 63.8 Å². The predicted molar refractivity (Wildman–Crippen MR) is 140 cm³/mol. The van der Waals surface area contributed by atoms with E-state index < -0.39 is 11.7 Å². The molecule has 7 heteroatoms. The lowest BCUT2D eigenvalue weighted by Crippen LogP contribution is -2.33. The van der Waals surface area contributed by atoms with Gasteiger partial charge in [-0.2, -0.15) is 0 Å². The van der Waals surface area contributed by atoms with Crippen molar-refractivity contribution in [1.82, 2.24) is 5.32 Å². The number of carbonyl (C=O) groups excluding carboxylic acids is 2. The van der Waals surface area contributed by atoms with Gasteiger partial charge in [-0.1, -0.05) is 31.2 Å². The van der Waals surface area contributed by atoms with Crippen molar-refractivity contribution in [3.8, 4) is 5.75 Å². The van der Waals surface area contributed by atoms with Gasteiger partial charge in [0.2, 0.25) is 0 Å². The Kier molecular flexibility index (Phi) is 8.69. The normalized spacial score (nSPS) is 12.5. The number of para-hydroxylation sites is 1. The Hall–Kier alpha value is -3.87. The molecule has 1 heterocycles. The van der Waals surface area contributed by atoms with E-state index >= 15 is 0 Å². The Bertz CT molecular complexity index is 1320. The maximum absolute atomic E-state index is 12.3. The van der Waals surface area contributed by atoms with Gasteiger partial charge in [0.15, 0.2) is 5.78 Å². The topological polar surface area (TPSA) is 94.8 Å². The number of hydrogen-bond donors (Lipinski definition) is 1. The molecule has 1 N–H and O–H groups in total. The Labute approximate surface area is 211 Å². The largest absolute Gasteiger partial charge is 0.496 e. The molecule has 0 spiro atoms. The summed E-state index contributed by atoms with van der Waals surface area (Å²) in [5, 5.41) is 3.50. The molecule has 190 valence electrons. The second-order valence-electron chi connectivity index (χ2n) is 9.67. The summed E-state index contributed by atoms with van der Waals surface area (Å²) in [6, 6.07) is 14.9. The molecule has 7 nitrogen and oxygen atoms in total. The molecule has 0 aliphatic heterocycles. The summed E-state index contributed by atoms with van der Waals surface area (Å²) in [7, 11) is 1.58. The van der Waals surface area contributed by atoms with Gasteiger partial charge >= 0.3 is 11.7 Å². The number of alkyl carbamates (subject to hydrolysis) is 1. The van der Waals surface area contributed by atoms with Crippen molar-refractivity contribution in [2.45, 2.75) is 52.1 Å². The zero-order valence-electron chi connectivity index (χ0n) is 21.4. The fourth-order valence-corrected chi connectivity index (χ4v) is 3.85. The quantitative estimate of drug-likeness (QED) is 0.307. The lowest BCUT2D eigenvalue weighted by molar-refractivity contribution is -0.114. The standard InChI is InChI=1S/C29H33NO6/c1-19(16-22-18-27(32)35-26-9-7-6-8-24(22)26)20-11-13-25(34-5)21(17-20)10-12-23(31)14-15-30-28(33)36-29(2,3)4/h6-13,17-19H,14-16H2,1-5H3,(H,30,33)/b12-10+. The van der Waals surface area contributed by atoms with E-state index in [9.17, 15) is 14.4 Å². The zero-order chi connectivity index (χ0) is 26.3. The van der Waals surface area contributed by atoms with Crippen LogP contribution in [0, 0.1) is 0 Å². The molecule has 1 amide bonds. The molecule has 0 saturated carbocycles. The molecule has 1 atom stereocenters. The smallest absolute Gasteiger partial charge is 0.407 e. The number of fused-ring (bicyclic) bond motifs is 1. The van der Waals surface area contributed by atoms with Crippen LogP contribution in [0.25, 0.3) is 17.0 Å². The molecule has 0 fully saturated rings. The number of nitrogens with one attached hydrogen (secondary N) is 1. The Morgan fingerprint density at radius 3 is 2.58 bits per heavy atom. The van der Waals surface area contributed by atoms with Crippen LogP contribution in [0.2, 0.25) is 0 Å². The lowest BCUT2D eigenvalue weighted by atomic mass is 9.91. The van der Waals surface area contributed by atoms with Crippen molar-refractivity contribution in [2.24, 2.45) is 0 Å². The van der Waals surface area contributed by atoms with E-state index in [2.05, 4.69) is 12.2 Å². The fraction of sp³-hybridized carbons (Fsp3) is 0.345. The third kappa shape index (κ3) is 7.57. The Balaban J connectivity index is 1.69. The number of benzene rings is 2. The number of ketones is 1. The summed E-state index contributed by atoms with van der Waals surface area (Å²) in [6.07, 6.45) is 3.46. The molecule has 36 heavy (non-hydrogen) atoms. The predicted octanol–water partition coefficient (Wildman–Crippen LogP) is 5.64. The minimum atomic E-state index is -0.590. The number of rotatable bonds is 9. The summed E-state index contributed by atoms with van der Waals surface area (Å²) < 4.78 is 16.0. The SMILES string of the molecule is COc1ccc(C(C)Cc2cc(=O)oc3ccccc23)cc1/C=C/C(=O)CCNC(=O)OC(C)(C)C. The fourth-order valence-electron chi connectivity index (χ4n) is 3.85. The van der Waals surface area contributed by atoms with E-state index in [1.807, 2.05) is 36.4 Å². The van der Waals surface area contributed by atoms with Crippen molar-refractivity contribution in [1.29, 1.82) is 0 Å². The van der Waals surface area contributed by atoms with Crippen LogP contribution in [-0.4, -0.2) is 31.1 Å². The lowest BCUT2D eigenvalue weighted by Gasteiger charge is -2.19. The van der Waals surface area contributed by atoms with Crippen molar-refractivity contribution in [3.63, 3.8) is 0 Å². The summed E-state index contributed by atoms with van der Waals surface area (Å²) in [4.78, 5) is 36.1. The van der Waals surface area contributed by atoms with E-state index in [1.165, 1.54) is 6.08 Å². The van der Waals surface area contributed by atoms with Crippen LogP contribution >= 0.6 is 0 Å². The summed E-state index contributed by atoms with van der Waals surface area (Å²) >= 11 is 0. The van der Waals surface area contributed by atoms with Gasteiger partial charge in [-0.25, -0.2) is 9.59 Å². The molecule has 1 unspecified atom stereocenters. The van der Waals surface area contributed by atoms with E-state index in [0.717, 1.165) is 22.1 Å². The average Bonchev–Trinajstić information content (AvgIpc) is 2.81. The van der Waals surface area contributed by atoms with Gasteiger partial charge in [-0.15, -0.1) is 0 Å². The highest BCUT2D eigenvalue weighted by Crippen LogP contribution is 2.29. The molecule has 1 aromatic heterocycles. The van der Waals surface area contributed by atoms with Crippen LogP contribution in [0.4, 0.5) is 4.79 Å². The first-order valence-corrected chi connectivity index (χ1v) is 11.9. The first kappa shape index (κ1) is 26.7. The van der Waals surface area contributed by atoms with Crippen molar-refractivity contribution in [2.75, 3.05) is 13.7 Å². The van der Waals surface area contributed by atoms with Crippen LogP contribution in [0.1, 0.15) is 56.7 Å². The number of allylic oxidation sites excluding steroid dienone is 1. The summed E-state index contributed by atoms with van der Waals surface area (Å²) in [6.45, 7) is 7.61. The Morgan fingerprint density at radius 1 is 1.11 bits per heavy atom. The highest BCUT2D eigenvalue weighted by Gasteiger charge is 2.16. The highest BCUT2D eigenvalue weighted by molar-refractivity contribution is 5.94. The molecule has 0 bridgehead atoms. The first-order chi connectivity index (χ1) is 17.1. The van der Waals surface area contributed by atoms with Gasteiger partial charge in [0, 0.05) is 30.0 Å². The third-order valence-corrected chi connectivity index (χ3v) is 5.57. The molecule has 0 aliphatic rings.